The molecule has 0 spiro atoms. The molecule has 2 aromatic carbocycles. The highest BCUT2D eigenvalue weighted by atomic mass is 31.2. The van der Waals surface area contributed by atoms with Crippen LogP contribution in [-0.4, -0.2) is 27.8 Å². The third-order valence-corrected chi connectivity index (χ3v) is 7.12. The Morgan fingerprint density at radius 3 is 1.76 bits per heavy atom. The van der Waals surface area contributed by atoms with Gasteiger partial charge < -0.3 is 5.11 Å². The summed E-state index contributed by atoms with van der Waals surface area (Å²) in [5, 5.41) is 10.6. The van der Waals surface area contributed by atoms with Gasteiger partial charge in [-0.25, -0.2) is 4.67 Å². The number of rotatable bonds is 4. The molecule has 1 saturated heterocycles. The fraction of sp³-hybridized carbons (Fsp3) is 0.188. The molecule has 1 unspecified atom stereocenters. The van der Waals surface area contributed by atoms with E-state index in [4.69, 9.17) is 0 Å². The van der Waals surface area contributed by atoms with Gasteiger partial charge in [-0.3, -0.25) is 9.36 Å². The Hall–Kier alpha value is -1.90. The van der Waals surface area contributed by atoms with Crippen molar-refractivity contribution in [2.24, 2.45) is 0 Å². The largest absolute Gasteiger partial charge is 0.480 e. The molecule has 1 heterocycles. The van der Waals surface area contributed by atoms with E-state index in [2.05, 4.69) is 0 Å². The number of aliphatic carboxylic acids is 1. The van der Waals surface area contributed by atoms with Crippen molar-refractivity contribution in [3.8, 4) is 0 Å². The van der Waals surface area contributed by atoms with Gasteiger partial charge in [-0.2, -0.15) is 0 Å². The molecule has 0 radical (unpaired) electrons. The summed E-state index contributed by atoms with van der Waals surface area (Å²) in [6, 6.07) is 17.3. The van der Waals surface area contributed by atoms with Crippen molar-refractivity contribution in [1.82, 2.24) is 4.67 Å². The van der Waals surface area contributed by atoms with Gasteiger partial charge in [0, 0.05) is 16.7 Å². The van der Waals surface area contributed by atoms with Crippen LogP contribution >= 0.6 is 7.29 Å². The molecule has 1 N–H and O–H groups in total. The normalized spacial score (nSPS) is 24.5. The summed E-state index contributed by atoms with van der Waals surface area (Å²) in [5.74, 6) is -0.922. The maximum Gasteiger partial charge on any atom is 0.322 e. The van der Waals surface area contributed by atoms with Gasteiger partial charge >= 0.3 is 5.97 Å². The van der Waals surface area contributed by atoms with Crippen LogP contribution < -0.4 is 10.6 Å². The lowest BCUT2D eigenvalue weighted by atomic mass is 10.4. The monoisotopic (exact) mass is 301 g/mol. The van der Waals surface area contributed by atoms with Crippen molar-refractivity contribution < 1.29 is 14.5 Å². The number of benzene rings is 2. The van der Waals surface area contributed by atoms with Crippen molar-refractivity contribution in [2.45, 2.75) is 19.0 Å². The molecule has 0 aliphatic carbocycles. The number of carbonyl (C=O) groups is 1. The van der Waals surface area contributed by atoms with Crippen LogP contribution in [0.5, 0.6) is 0 Å². The molecule has 0 aromatic heterocycles. The van der Waals surface area contributed by atoms with E-state index in [9.17, 15) is 14.5 Å². The van der Waals surface area contributed by atoms with E-state index < -0.39 is 19.3 Å². The lowest BCUT2D eigenvalue weighted by molar-refractivity contribution is -0.136. The molecule has 1 aliphatic heterocycles. The van der Waals surface area contributed by atoms with Crippen molar-refractivity contribution in [3.05, 3.63) is 60.7 Å². The highest BCUT2D eigenvalue weighted by molar-refractivity contribution is 7.76. The van der Waals surface area contributed by atoms with E-state index in [1.807, 2.05) is 36.4 Å². The molecule has 0 bridgehead atoms. The molecule has 4 nitrogen and oxygen atoms in total. The van der Waals surface area contributed by atoms with Crippen LogP contribution in [0.1, 0.15) is 6.92 Å². The fourth-order valence-electron chi connectivity index (χ4n) is 2.76. The van der Waals surface area contributed by atoms with Gasteiger partial charge in [0.15, 0.2) is 0 Å². The molecule has 108 valence electrons. The Balaban J connectivity index is 2.14. The zero-order valence-corrected chi connectivity index (χ0v) is 12.5. The van der Waals surface area contributed by atoms with Gasteiger partial charge in [0.2, 0.25) is 7.29 Å². The molecule has 2 aromatic rings. The van der Waals surface area contributed by atoms with Crippen LogP contribution in [0.4, 0.5) is 0 Å². The van der Waals surface area contributed by atoms with E-state index in [0.29, 0.717) is 10.6 Å². The lowest BCUT2D eigenvalue weighted by Crippen LogP contribution is -2.24. The Labute approximate surface area is 123 Å². The molecule has 21 heavy (non-hydrogen) atoms. The van der Waals surface area contributed by atoms with Crippen LogP contribution in [-0.2, 0) is 9.36 Å². The molecule has 0 amide bonds. The number of carboxylic acid groups (broad SMARTS) is 1. The highest BCUT2D eigenvalue weighted by Crippen LogP contribution is 2.58. The summed E-state index contributed by atoms with van der Waals surface area (Å²) in [6.45, 7) is 1.80. The Bertz CT molecular complexity index is 658. The first-order chi connectivity index (χ1) is 10.1. The van der Waals surface area contributed by atoms with E-state index in [1.54, 1.807) is 35.9 Å². The first-order valence-corrected chi connectivity index (χ1v) is 8.45. The Kier molecular flexibility index (Phi) is 3.44. The first-order valence-electron chi connectivity index (χ1n) is 6.79. The Morgan fingerprint density at radius 2 is 1.43 bits per heavy atom. The van der Waals surface area contributed by atoms with Gasteiger partial charge in [0.1, 0.15) is 6.04 Å². The van der Waals surface area contributed by atoms with Crippen molar-refractivity contribution in [3.63, 3.8) is 0 Å². The second kappa shape index (κ2) is 5.14. The zero-order chi connectivity index (χ0) is 15.0. The van der Waals surface area contributed by atoms with E-state index in [0.717, 1.165) is 0 Å². The molecular weight excluding hydrogens is 285 g/mol. The minimum Gasteiger partial charge on any atom is -0.480 e. The summed E-state index contributed by atoms with van der Waals surface area (Å²) < 4.78 is 15.4. The van der Waals surface area contributed by atoms with Gasteiger partial charge in [-0.15, -0.1) is 0 Å². The predicted octanol–water partition coefficient (Wildman–Crippen LogP) is 2.07. The van der Waals surface area contributed by atoms with E-state index >= 15 is 0 Å². The first kappa shape index (κ1) is 14.1. The molecular formula is C16H16NO3P. The quantitative estimate of drug-likeness (QED) is 0.694. The van der Waals surface area contributed by atoms with Gasteiger partial charge in [-0.05, 0) is 31.2 Å². The summed E-state index contributed by atoms with van der Waals surface area (Å²) in [6.07, 6.45) is 0. The van der Waals surface area contributed by atoms with Crippen LogP contribution in [0.2, 0.25) is 0 Å². The third kappa shape index (κ3) is 2.21. The van der Waals surface area contributed by atoms with Crippen LogP contribution in [0.15, 0.2) is 60.7 Å². The zero-order valence-electron chi connectivity index (χ0n) is 11.6. The standard InChI is InChI=1S/C16H16NO3P/c1-12-15(16(18)19)17(12)21(20,13-8-4-2-5-9-13)14-10-6-3-7-11-14/h2-12,15H,1H3,(H,18,19)/t12-,15-,17?/m0/s1. The van der Waals surface area contributed by atoms with Gasteiger partial charge in [0.25, 0.3) is 0 Å². The Morgan fingerprint density at radius 1 is 1.00 bits per heavy atom. The van der Waals surface area contributed by atoms with E-state index in [1.165, 1.54) is 0 Å². The summed E-state index contributed by atoms with van der Waals surface area (Å²) in [7, 11) is -3.10. The van der Waals surface area contributed by atoms with Gasteiger partial charge in [-0.1, -0.05) is 36.4 Å². The molecule has 3 rings (SSSR count). The van der Waals surface area contributed by atoms with E-state index in [-0.39, 0.29) is 6.04 Å². The van der Waals surface area contributed by atoms with Crippen LogP contribution in [0.25, 0.3) is 0 Å². The fourth-order valence-corrected chi connectivity index (χ4v) is 5.97. The maximum atomic E-state index is 13.8. The van der Waals surface area contributed by atoms with Crippen molar-refractivity contribution in [2.75, 3.05) is 0 Å². The minimum absolute atomic E-state index is 0.228. The minimum atomic E-state index is -3.10. The summed E-state index contributed by atoms with van der Waals surface area (Å²) in [5.41, 5.74) is 0. The molecule has 1 fully saturated rings. The molecule has 1 aliphatic rings. The number of hydrogen-bond acceptors (Lipinski definition) is 2. The van der Waals surface area contributed by atoms with Gasteiger partial charge in [0.05, 0.1) is 0 Å². The molecule has 5 heteroatoms. The van der Waals surface area contributed by atoms with Crippen LogP contribution in [0, 0.1) is 0 Å². The lowest BCUT2D eigenvalue weighted by Gasteiger charge is -2.21. The number of hydrogen-bond donors (Lipinski definition) is 1. The van der Waals surface area contributed by atoms with Crippen LogP contribution in [0.3, 0.4) is 0 Å². The highest BCUT2D eigenvalue weighted by Gasteiger charge is 2.59. The third-order valence-electron chi connectivity index (χ3n) is 3.86. The SMILES string of the molecule is C[C@H]1[C@@H](C(=O)O)N1P(=O)(c1ccccc1)c1ccccc1. The summed E-state index contributed by atoms with van der Waals surface area (Å²) >= 11 is 0. The molecule has 0 saturated carbocycles. The number of carboxylic acids is 1. The average Bonchev–Trinajstić information content (AvgIpc) is 3.20. The van der Waals surface area contributed by atoms with Crippen molar-refractivity contribution >= 4 is 23.9 Å². The maximum absolute atomic E-state index is 13.8. The molecule has 3 atom stereocenters. The average molecular weight is 301 g/mol. The smallest absolute Gasteiger partial charge is 0.322 e. The summed E-state index contributed by atoms with van der Waals surface area (Å²) in [4.78, 5) is 11.3. The second-order valence-electron chi connectivity index (χ2n) is 5.15. The number of nitrogens with zero attached hydrogens (tertiary/aromatic N) is 1. The second-order valence-corrected chi connectivity index (χ2v) is 7.80. The predicted molar refractivity (Wildman–Crippen MR) is 82.5 cm³/mol. The van der Waals surface area contributed by atoms with Crippen molar-refractivity contribution in [1.29, 1.82) is 0 Å². The topological polar surface area (TPSA) is 57.4 Å².